The van der Waals surface area contributed by atoms with E-state index in [9.17, 15) is 0 Å². The molecule has 22 heavy (non-hydrogen) atoms. The van der Waals surface area contributed by atoms with E-state index in [1.54, 1.807) is 0 Å². The fraction of sp³-hybridized carbons (Fsp3) is 0.941. The molecule has 1 aliphatic carbocycles. The number of hydrogen-bond acceptors (Lipinski definition) is 3. The van der Waals surface area contributed by atoms with Crippen LogP contribution in [0.4, 0.5) is 0 Å². The highest BCUT2D eigenvalue weighted by molar-refractivity contribution is 5.80. The maximum Gasteiger partial charge on any atom is 0.191 e. The van der Waals surface area contributed by atoms with Gasteiger partial charge >= 0.3 is 0 Å². The molecule has 4 atom stereocenters. The van der Waals surface area contributed by atoms with Gasteiger partial charge in [-0.15, -0.1) is 0 Å². The molecule has 0 aromatic carbocycles. The summed E-state index contributed by atoms with van der Waals surface area (Å²) < 4.78 is 5.88. The number of fused-ring (bicyclic) bond motifs is 1. The van der Waals surface area contributed by atoms with Crippen molar-refractivity contribution < 1.29 is 4.74 Å². The Labute approximate surface area is 134 Å². The number of likely N-dealkylation sites (N-methyl/N-ethyl adjacent to an activating group) is 1. The zero-order chi connectivity index (χ0) is 15.7. The van der Waals surface area contributed by atoms with Crippen LogP contribution in [0.25, 0.3) is 0 Å². The van der Waals surface area contributed by atoms with Gasteiger partial charge in [0.15, 0.2) is 5.96 Å². The minimum Gasteiger partial charge on any atom is -0.377 e. The van der Waals surface area contributed by atoms with Crippen molar-refractivity contribution in [2.24, 2.45) is 16.3 Å². The molecule has 126 valence electrons. The highest BCUT2D eigenvalue weighted by Gasteiger charge is 2.59. The van der Waals surface area contributed by atoms with Gasteiger partial charge < -0.3 is 15.4 Å². The average Bonchev–Trinajstić information content (AvgIpc) is 3.14. The number of nitrogens with one attached hydrogen (secondary N) is 2. The summed E-state index contributed by atoms with van der Waals surface area (Å²) in [5.41, 5.74) is 0.196. The van der Waals surface area contributed by atoms with Crippen LogP contribution in [0, 0.1) is 11.3 Å². The van der Waals surface area contributed by atoms with Crippen molar-refractivity contribution in [2.45, 2.75) is 58.2 Å². The van der Waals surface area contributed by atoms with E-state index in [2.05, 4.69) is 41.3 Å². The van der Waals surface area contributed by atoms with Crippen molar-refractivity contribution in [1.82, 2.24) is 15.5 Å². The molecule has 5 heteroatoms. The lowest BCUT2D eigenvalue weighted by Gasteiger charge is -2.55. The highest BCUT2D eigenvalue weighted by Crippen LogP contribution is 2.52. The van der Waals surface area contributed by atoms with Gasteiger partial charge in [0.2, 0.25) is 0 Å². The third-order valence-electron chi connectivity index (χ3n) is 6.03. The molecule has 1 saturated carbocycles. The van der Waals surface area contributed by atoms with Crippen LogP contribution in [0.1, 0.15) is 40.0 Å². The van der Waals surface area contributed by atoms with E-state index < -0.39 is 0 Å². The third-order valence-corrected chi connectivity index (χ3v) is 6.03. The molecule has 3 rings (SSSR count). The standard InChI is InChI=1S/C17H32N4O/c1-5-21-9-6-7-12(21)11-19-16(18-4)20-14-13-8-10-22-15(13)17(14,2)3/h12-15H,5-11H2,1-4H3,(H2,18,19,20). The average molecular weight is 308 g/mol. The third kappa shape index (κ3) is 2.73. The zero-order valence-electron chi connectivity index (χ0n) is 14.6. The Hall–Kier alpha value is -0.810. The van der Waals surface area contributed by atoms with Crippen LogP contribution >= 0.6 is 0 Å². The molecule has 2 aliphatic heterocycles. The van der Waals surface area contributed by atoms with Crippen LogP contribution in [-0.2, 0) is 4.74 Å². The molecule has 2 heterocycles. The SMILES string of the molecule is CCN1CCCC1CNC(=NC)NC1C2CCOC2C1(C)C. The molecule has 2 N–H and O–H groups in total. The fourth-order valence-electron chi connectivity index (χ4n) is 4.72. The Morgan fingerprint density at radius 3 is 2.91 bits per heavy atom. The fourth-order valence-corrected chi connectivity index (χ4v) is 4.72. The van der Waals surface area contributed by atoms with E-state index in [0.29, 0.717) is 24.1 Å². The van der Waals surface area contributed by atoms with Gasteiger partial charge in [0.05, 0.1) is 6.10 Å². The second-order valence-electron chi connectivity index (χ2n) is 7.57. The Balaban J connectivity index is 1.52. The second-order valence-corrected chi connectivity index (χ2v) is 7.57. The van der Waals surface area contributed by atoms with Crippen molar-refractivity contribution in [2.75, 3.05) is 33.3 Å². The lowest BCUT2D eigenvalue weighted by molar-refractivity contribution is -0.106. The molecule has 0 aromatic rings. The van der Waals surface area contributed by atoms with E-state index >= 15 is 0 Å². The second kappa shape index (κ2) is 6.36. The van der Waals surface area contributed by atoms with Gasteiger partial charge in [0.1, 0.15) is 0 Å². The molecule has 0 bridgehead atoms. The first-order valence-corrected chi connectivity index (χ1v) is 8.90. The highest BCUT2D eigenvalue weighted by atomic mass is 16.5. The zero-order valence-corrected chi connectivity index (χ0v) is 14.6. The van der Waals surface area contributed by atoms with E-state index in [1.807, 2.05) is 7.05 Å². The number of nitrogens with zero attached hydrogens (tertiary/aromatic N) is 2. The smallest absolute Gasteiger partial charge is 0.191 e. The van der Waals surface area contributed by atoms with Gasteiger partial charge in [-0.05, 0) is 32.4 Å². The van der Waals surface area contributed by atoms with Crippen molar-refractivity contribution in [3.05, 3.63) is 0 Å². The summed E-state index contributed by atoms with van der Waals surface area (Å²) in [6, 6.07) is 1.12. The summed E-state index contributed by atoms with van der Waals surface area (Å²) in [4.78, 5) is 7.00. The van der Waals surface area contributed by atoms with Crippen LogP contribution in [0.15, 0.2) is 4.99 Å². The first-order chi connectivity index (χ1) is 10.6. The maximum atomic E-state index is 5.88. The summed E-state index contributed by atoms with van der Waals surface area (Å²) in [6.07, 6.45) is 4.22. The molecule has 0 spiro atoms. The number of hydrogen-bond donors (Lipinski definition) is 2. The summed E-state index contributed by atoms with van der Waals surface area (Å²) in [6.45, 7) is 11.2. The van der Waals surface area contributed by atoms with Crippen LogP contribution in [0.2, 0.25) is 0 Å². The molecule has 0 aromatic heterocycles. The Kier molecular flexibility index (Phi) is 4.64. The number of aliphatic imine (C=N–C) groups is 1. The predicted molar refractivity (Wildman–Crippen MR) is 90.2 cm³/mol. The van der Waals surface area contributed by atoms with Crippen molar-refractivity contribution >= 4 is 5.96 Å². The summed E-state index contributed by atoms with van der Waals surface area (Å²) in [5.74, 6) is 1.60. The minimum absolute atomic E-state index is 0.196. The molecule has 4 unspecified atom stereocenters. The number of guanidine groups is 1. The first-order valence-electron chi connectivity index (χ1n) is 8.90. The quantitative estimate of drug-likeness (QED) is 0.610. The normalized spacial score (nSPS) is 37.7. The van der Waals surface area contributed by atoms with Gasteiger partial charge in [-0.2, -0.15) is 0 Å². The molecule has 2 saturated heterocycles. The van der Waals surface area contributed by atoms with Gasteiger partial charge in [-0.1, -0.05) is 20.8 Å². The Morgan fingerprint density at radius 2 is 2.18 bits per heavy atom. The monoisotopic (exact) mass is 308 g/mol. The Bertz CT molecular complexity index is 423. The number of rotatable bonds is 4. The lowest BCUT2D eigenvalue weighted by atomic mass is 9.57. The Morgan fingerprint density at radius 1 is 1.36 bits per heavy atom. The van der Waals surface area contributed by atoms with Crippen molar-refractivity contribution in [1.29, 1.82) is 0 Å². The summed E-state index contributed by atoms with van der Waals surface area (Å²) >= 11 is 0. The molecule has 0 amide bonds. The van der Waals surface area contributed by atoms with E-state index in [-0.39, 0.29) is 5.41 Å². The number of likely N-dealkylation sites (tertiary alicyclic amines) is 1. The molecule has 3 aliphatic rings. The van der Waals surface area contributed by atoms with Crippen LogP contribution in [0.3, 0.4) is 0 Å². The minimum atomic E-state index is 0.196. The molecule has 0 radical (unpaired) electrons. The van der Waals surface area contributed by atoms with Crippen LogP contribution in [-0.4, -0.2) is 62.3 Å². The summed E-state index contributed by atoms with van der Waals surface area (Å²) in [5, 5.41) is 7.21. The van der Waals surface area contributed by atoms with Crippen molar-refractivity contribution in [3.63, 3.8) is 0 Å². The van der Waals surface area contributed by atoms with Gasteiger partial charge in [0.25, 0.3) is 0 Å². The summed E-state index contributed by atoms with van der Waals surface area (Å²) in [7, 11) is 1.87. The van der Waals surface area contributed by atoms with E-state index in [1.165, 1.54) is 25.8 Å². The van der Waals surface area contributed by atoms with Crippen molar-refractivity contribution in [3.8, 4) is 0 Å². The van der Waals surface area contributed by atoms with E-state index in [0.717, 1.165) is 25.7 Å². The molecular formula is C17H32N4O. The molecule has 3 fully saturated rings. The topological polar surface area (TPSA) is 48.9 Å². The number of ether oxygens (including phenoxy) is 1. The first kappa shape index (κ1) is 16.1. The van der Waals surface area contributed by atoms with Gasteiger partial charge in [0, 0.05) is 43.6 Å². The molecule has 5 nitrogen and oxygen atoms in total. The van der Waals surface area contributed by atoms with Gasteiger partial charge in [-0.25, -0.2) is 0 Å². The largest absolute Gasteiger partial charge is 0.377 e. The maximum absolute atomic E-state index is 5.88. The predicted octanol–water partition coefficient (Wildman–Crippen LogP) is 1.45. The van der Waals surface area contributed by atoms with Crippen LogP contribution in [0.5, 0.6) is 0 Å². The van der Waals surface area contributed by atoms with Gasteiger partial charge in [-0.3, -0.25) is 9.89 Å². The van der Waals surface area contributed by atoms with Crippen LogP contribution < -0.4 is 10.6 Å². The lowest BCUT2D eigenvalue weighted by Crippen LogP contribution is -2.68. The molecular weight excluding hydrogens is 276 g/mol. The van der Waals surface area contributed by atoms with E-state index in [4.69, 9.17) is 4.74 Å².